The molecule has 0 radical (unpaired) electrons. The van der Waals surface area contributed by atoms with Gasteiger partial charge in [-0.2, -0.15) is 0 Å². The van der Waals surface area contributed by atoms with Crippen molar-refractivity contribution in [2.45, 2.75) is 13.3 Å². The molecule has 0 fully saturated rings. The third-order valence-corrected chi connectivity index (χ3v) is 2.05. The van der Waals surface area contributed by atoms with Crippen molar-refractivity contribution in [2.75, 3.05) is 0 Å². The second-order valence-electron chi connectivity index (χ2n) is 2.20. The van der Waals surface area contributed by atoms with Gasteiger partial charge in [0.1, 0.15) is 0 Å². The SMILES string of the molecule is CC1=CCC=C(Cl)C=C1Cl. The number of allylic oxidation sites excluding steroid dienone is 6. The van der Waals surface area contributed by atoms with Crippen LogP contribution in [0.3, 0.4) is 0 Å². The van der Waals surface area contributed by atoms with Crippen molar-refractivity contribution >= 4 is 23.2 Å². The molecular formula is C8H8Cl2. The molecule has 0 atom stereocenters. The van der Waals surface area contributed by atoms with Gasteiger partial charge in [-0.15, -0.1) is 0 Å². The number of rotatable bonds is 0. The summed E-state index contributed by atoms with van der Waals surface area (Å²) in [5.41, 5.74) is 1.09. The number of hydrogen-bond donors (Lipinski definition) is 0. The maximum absolute atomic E-state index is 5.83. The largest absolute Gasteiger partial charge is 0.0846 e. The van der Waals surface area contributed by atoms with E-state index in [2.05, 4.69) is 0 Å². The Bertz CT molecular complexity index is 221. The summed E-state index contributed by atoms with van der Waals surface area (Å²) in [7, 11) is 0. The molecule has 1 aliphatic rings. The minimum Gasteiger partial charge on any atom is -0.0846 e. The first kappa shape index (κ1) is 7.90. The summed E-state index contributed by atoms with van der Waals surface area (Å²) in [6.45, 7) is 1.97. The summed E-state index contributed by atoms with van der Waals surface area (Å²) in [5.74, 6) is 0. The molecule has 0 spiro atoms. The van der Waals surface area contributed by atoms with Crippen LogP contribution in [0.1, 0.15) is 13.3 Å². The van der Waals surface area contributed by atoms with Gasteiger partial charge in [0, 0.05) is 10.1 Å². The first-order valence-corrected chi connectivity index (χ1v) is 3.86. The van der Waals surface area contributed by atoms with Gasteiger partial charge in [0.05, 0.1) is 0 Å². The molecule has 0 aromatic carbocycles. The molecule has 0 aromatic heterocycles. The van der Waals surface area contributed by atoms with E-state index in [1.165, 1.54) is 0 Å². The number of halogens is 2. The Morgan fingerprint density at radius 1 is 1.30 bits per heavy atom. The molecular weight excluding hydrogens is 167 g/mol. The van der Waals surface area contributed by atoms with E-state index in [0.717, 1.165) is 22.1 Å². The highest BCUT2D eigenvalue weighted by atomic mass is 35.5. The van der Waals surface area contributed by atoms with Crippen LogP contribution < -0.4 is 0 Å². The molecule has 0 aromatic rings. The van der Waals surface area contributed by atoms with Crippen molar-refractivity contribution in [3.63, 3.8) is 0 Å². The molecule has 0 saturated carbocycles. The third-order valence-electron chi connectivity index (χ3n) is 1.38. The fourth-order valence-corrected chi connectivity index (χ4v) is 1.19. The average molecular weight is 175 g/mol. The Hall–Kier alpha value is -0.200. The quantitative estimate of drug-likeness (QED) is 0.527. The lowest BCUT2D eigenvalue weighted by Crippen LogP contribution is -1.72. The topological polar surface area (TPSA) is 0 Å². The highest BCUT2D eigenvalue weighted by molar-refractivity contribution is 6.35. The van der Waals surface area contributed by atoms with Crippen LogP contribution in [-0.4, -0.2) is 0 Å². The summed E-state index contributed by atoms with van der Waals surface area (Å²) in [6.07, 6.45) is 6.62. The second kappa shape index (κ2) is 3.27. The molecule has 2 heteroatoms. The Morgan fingerprint density at radius 3 is 2.70 bits per heavy atom. The van der Waals surface area contributed by atoms with Crippen molar-refractivity contribution in [3.8, 4) is 0 Å². The van der Waals surface area contributed by atoms with E-state index < -0.39 is 0 Å². The molecule has 0 saturated heterocycles. The van der Waals surface area contributed by atoms with E-state index in [9.17, 15) is 0 Å². The summed E-state index contributed by atoms with van der Waals surface area (Å²) in [6, 6.07) is 0. The van der Waals surface area contributed by atoms with Crippen LogP contribution in [0.25, 0.3) is 0 Å². The summed E-state index contributed by atoms with van der Waals surface area (Å²) < 4.78 is 0. The van der Waals surface area contributed by atoms with Crippen molar-refractivity contribution in [3.05, 3.63) is 33.9 Å². The number of hydrogen-bond acceptors (Lipinski definition) is 0. The summed E-state index contributed by atoms with van der Waals surface area (Å²) >= 11 is 11.6. The zero-order chi connectivity index (χ0) is 7.56. The molecule has 0 bridgehead atoms. The molecule has 0 amide bonds. The fourth-order valence-electron chi connectivity index (χ4n) is 0.740. The highest BCUT2D eigenvalue weighted by Crippen LogP contribution is 2.22. The predicted molar refractivity (Wildman–Crippen MR) is 46.2 cm³/mol. The van der Waals surface area contributed by atoms with E-state index in [1.54, 1.807) is 6.08 Å². The summed E-state index contributed by atoms with van der Waals surface area (Å²) in [5, 5.41) is 1.46. The first-order valence-electron chi connectivity index (χ1n) is 3.10. The average Bonchev–Trinajstić information content (AvgIpc) is 1.96. The van der Waals surface area contributed by atoms with Gasteiger partial charge in [-0.1, -0.05) is 35.4 Å². The van der Waals surface area contributed by atoms with E-state index >= 15 is 0 Å². The van der Waals surface area contributed by atoms with Crippen LogP contribution in [0.4, 0.5) is 0 Å². The Labute approximate surface area is 70.8 Å². The van der Waals surface area contributed by atoms with E-state index in [1.807, 2.05) is 19.1 Å². The third kappa shape index (κ3) is 1.89. The first-order chi connectivity index (χ1) is 4.70. The van der Waals surface area contributed by atoms with Crippen LogP contribution in [0.5, 0.6) is 0 Å². The molecule has 0 aliphatic heterocycles. The molecule has 0 N–H and O–H groups in total. The lowest BCUT2D eigenvalue weighted by Gasteiger charge is -1.93. The second-order valence-corrected chi connectivity index (χ2v) is 3.05. The lowest BCUT2D eigenvalue weighted by atomic mass is 10.2. The van der Waals surface area contributed by atoms with Crippen molar-refractivity contribution in [2.24, 2.45) is 0 Å². The van der Waals surface area contributed by atoms with Gasteiger partial charge in [-0.25, -0.2) is 0 Å². The van der Waals surface area contributed by atoms with E-state index in [-0.39, 0.29) is 0 Å². The van der Waals surface area contributed by atoms with Gasteiger partial charge in [-0.3, -0.25) is 0 Å². The zero-order valence-electron chi connectivity index (χ0n) is 5.70. The standard InChI is InChI=1S/C8H8Cl2/c1-6-3-2-4-7(9)5-8(6)10/h3-5H,2H2,1H3. The fraction of sp³-hybridized carbons (Fsp3) is 0.250. The molecule has 1 aliphatic carbocycles. The Kier molecular flexibility index (Phi) is 2.58. The van der Waals surface area contributed by atoms with Gasteiger partial charge in [-0.05, 0) is 25.0 Å². The van der Waals surface area contributed by atoms with Crippen molar-refractivity contribution in [1.82, 2.24) is 0 Å². The maximum atomic E-state index is 5.83. The van der Waals surface area contributed by atoms with Gasteiger partial charge >= 0.3 is 0 Å². The molecule has 1 rings (SSSR count). The minimum atomic E-state index is 0.720. The van der Waals surface area contributed by atoms with E-state index in [0.29, 0.717) is 0 Å². The van der Waals surface area contributed by atoms with Crippen LogP contribution in [-0.2, 0) is 0 Å². The lowest BCUT2D eigenvalue weighted by molar-refractivity contribution is 1.34. The highest BCUT2D eigenvalue weighted by Gasteiger charge is 1.99. The molecule has 54 valence electrons. The molecule has 0 heterocycles. The molecule has 0 nitrogen and oxygen atoms in total. The molecule has 10 heavy (non-hydrogen) atoms. The molecule has 0 unspecified atom stereocenters. The van der Waals surface area contributed by atoms with E-state index in [4.69, 9.17) is 23.2 Å². The monoisotopic (exact) mass is 174 g/mol. The summed E-state index contributed by atoms with van der Waals surface area (Å²) in [4.78, 5) is 0. The van der Waals surface area contributed by atoms with Crippen molar-refractivity contribution in [1.29, 1.82) is 0 Å². The normalized spacial score (nSPS) is 18.9. The van der Waals surface area contributed by atoms with Gasteiger partial charge in [0.25, 0.3) is 0 Å². The van der Waals surface area contributed by atoms with Crippen LogP contribution in [0.2, 0.25) is 0 Å². The Balaban J connectivity index is 2.92. The smallest absolute Gasteiger partial charge is 0.0446 e. The van der Waals surface area contributed by atoms with Crippen LogP contribution in [0, 0.1) is 0 Å². The minimum absolute atomic E-state index is 0.720. The van der Waals surface area contributed by atoms with Gasteiger partial charge < -0.3 is 0 Å². The van der Waals surface area contributed by atoms with Gasteiger partial charge in [0.2, 0.25) is 0 Å². The zero-order valence-corrected chi connectivity index (χ0v) is 7.21. The van der Waals surface area contributed by atoms with Crippen LogP contribution >= 0.6 is 23.2 Å². The predicted octanol–water partition coefficient (Wildman–Crippen LogP) is 3.58. The van der Waals surface area contributed by atoms with Gasteiger partial charge in [0.15, 0.2) is 0 Å². The maximum Gasteiger partial charge on any atom is 0.0446 e. The van der Waals surface area contributed by atoms with Crippen LogP contribution in [0.15, 0.2) is 33.9 Å². The Morgan fingerprint density at radius 2 is 2.00 bits per heavy atom. The van der Waals surface area contributed by atoms with Crippen molar-refractivity contribution < 1.29 is 0 Å².